The molecule has 1 aliphatic carbocycles. The van der Waals surface area contributed by atoms with E-state index in [1.165, 1.54) is 17.2 Å². The number of nitrogen functional groups attached to an aromatic ring is 1. The molecule has 2 heterocycles. The van der Waals surface area contributed by atoms with Gasteiger partial charge in [-0.05, 0) is 36.8 Å². The lowest BCUT2D eigenvalue weighted by molar-refractivity contribution is -0.117. The third-order valence-corrected chi connectivity index (χ3v) is 5.02. The number of hydrogen-bond donors (Lipinski definition) is 2. The van der Waals surface area contributed by atoms with Crippen LogP contribution in [0.2, 0.25) is 0 Å². The largest absolute Gasteiger partial charge is 0.447 e. The predicted molar refractivity (Wildman–Crippen MR) is 95.3 cm³/mol. The number of fused-ring (bicyclic) bond motifs is 1. The lowest BCUT2D eigenvalue weighted by Crippen LogP contribution is -2.31. The van der Waals surface area contributed by atoms with Gasteiger partial charge < -0.3 is 15.8 Å². The van der Waals surface area contributed by atoms with Crippen molar-refractivity contribution in [1.82, 2.24) is 4.98 Å². The van der Waals surface area contributed by atoms with Gasteiger partial charge in [-0.25, -0.2) is 14.2 Å². The van der Waals surface area contributed by atoms with Gasteiger partial charge in [-0.15, -0.1) is 0 Å². The van der Waals surface area contributed by atoms with Gasteiger partial charge in [-0.1, -0.05) is 6.92 Å². The van der Waals surface area contributed by atoms with E-state index >= 15 is 0 Å². The smallest absolute Gasteiger partial charge is 0.414 e. The number of hydrogen-bond acceptors (Lipinski definition) is 5. The third kappa shape index (κ3) is 2.61. The Labute approximate surface area is 149 Å². The number of nitrogens with zero attached hydrogens (tertiary/aromatic N) is 2. The fraction of sp³-hybridized carbons (Fsp3) is 0.389. The third-order valence-electron chi connectivity index (χ3n) is 5.02. The quantitative estimate of drug-likeness (QED) is 0.822. The summed E-state index contributed by atoms with van der Waals surface area (Å²) in [6.45, 7) is 3.97. The van der Waals surface area contributed by atoms with Gasteiger partial charge in [0, 0.05) is 17.5 Å². The van der Waals surface area contributed by atoms with Crippen LogP contribution in [0.4, 0.5) is 26.4 Å². The van der Waals surface area contributed by atoms with Crippen LogP contribution in [0, 0.1) is 17.7 Å². The van der Waals surface area contributed by atoms with Crippen molar-refractivity contribution < 1.29 is 18.7 Å². The molecular formula is C18H19FN4O3. The maximum Gasteiger partial charge on any atom is 0.414 e. The number of anilines is 3. The highest BCUT2D eigenvalue weighted by molar-refractivity contribution is 6.02. The maximum absolute atomic E-state index is 14.7. The number of cyclic esters (lactones) is 1. The second-order valence-corrected chi connectivity index (χ2v) is 7.02. The van der Waals surface area contributed by atoms with Crippen LogP contribution in [0.15, 0.2) is 18.3 Å². The van der Waals surface area contributed by atoms with Gasteiger partial charge in [0.2, 0.25) is 5.91 Å². The van der Waals surface area contributed by atoms with Crippen LogP contribution in [0.5, 0.6) is 0 Å². The first-order valence-electron chi connectivity index (χ1n) is 8.51. The van der Waals surface area contributed by atoms with Crippen molar-refractivity contribution in [3.05, 3.63) is 24.1 Å². The van der Waals surface area contributed by atoms with Crippen molar-refractivity contribution in [2.24, 2.45) is 11.8 Å². The zero-order valence-electron chi connectivity index (χ0n) is 14.5. The summed E-state index contributed by atoms with van der Waals surface area (Å²) in [5, 5.41) is 3.78. The fourth-order valence-corrected chi connectivity index (χ4v) is 3.28. The topological polar surface area (TPSA) is 97.5 Å². The maximum atomic E-state index is 14.7. The van der Waals surface area contributed by atoms with E-state index in [2.05, 4.69) is 10.3 Å². The van der Waals surface area contributed by atoms with Crippen LogP contribution in [0.3, 0.4) is 0 Å². The normalized spacial score (nSPS) is 24.7. The summed E-state index contributed by atoms with van der Waals surface area (Å²) < 4.78 is 19.7. The van der Waals surface area contributed by atoms with E-state index in [4.69, 9.17) is 10.5 Å². The van der Waals surface area contributed by atoms with Crippen molar-refractivity contribution in [2.75, 3.05) is 22.6 Å². The average Bonchev–Trinajstić information content (AvgIpc) is 3.25. The van der Waals surface area contributed by atoms with Crippen LogP contribution in [0.25, 0.3) is 10.8 Å². The highest BCUT2D eigenvalue weighted by Gasteiger charge is 2.39. The number of nitrogens with two attached hydrogens (primary N) is 1. The number of aromatic nitrogens is 1. The monoisotopic (exact) mass is 358 g/mol. The first-order valence-corrected chi connectivity index (χ1v) is 8.51. The number of rotatable bonds is 3. The Morgan fingerprint density at radius 2 is 2.15 bits per heavy atom. The van der Waals surface area contributed by atoms with Crippen LogP contribution in [0.1, 0.15) is 20.3 Å². The van der Waals surface area contributed by atoms with E-state index in [0.717, 1.165) is 6.42 Å². The molecule has 0 radical (unpaired) electrons. The van der Waals surface area contributed by atoms with Crippen molar-refractivity contribution in [1.29, 1.82) is 0 Å². The Morgan fingerprint density at radius 1 is 1.42 bits per heavy atom. The molecule has 1 aliphatic heterocycles. The Hall–Kier alpha value is -2.90. The first-order chi connectivity index (χ1) is 12.4. The molecule has 136 valence electrons. The van der Waals surface area contributed by atoms with E-state index in [1.807, 2.05) is 6.92 Å². The summed E-state index contributed by atoms with van der Waals surface area (Å²) in [6, 6.07) is 2.86. The second kappa shape index (κ2) is 5.82. The van der Waals surface area contributed by atoms with Gasteiger partial charge in [0.1, 0.15) is 12.4 Å². The molecule has 3 atom stereocenters. The van der Waals surface area contributed by atoms with E-state index in [1.54, 1.807) is 13.0 Å². The molecule has 2 aromatic rings. The number of nitrogens with one attached hydrogen (secondary N) is 1. The number of amides is 2. The lowest BCUT2D eigenvalue weighted by Gasteiger charge is -2.20. The molecule has 4 rings (SSSR count). The van der Waals surface area contributed by atoms with Crippen molar-refractivity contribution >= 4 is 40.0 Å². The Kier molecular flexibility index (Phi) is 3.71. The summed E-state index contributed by atoms with van der Waals surface area (Å²) in [4.78, 5) is 29.4. The van der Waals surface area contributed by atoms with Gasteiger partial charge in [-0.2, -0.15) is 0 Å². The molecular weight excluding hydrogens is 339 g/mol. The number of pyridine rings is 1. The summed E-state index contributed by atoms with van der Waals surface area (Å²) in [5.74, 6) is 0.0108. The molecule has 7 nitrogen and oxygen atoms in total. The Bertz CT molecular complexity index is 932. The van der Waals surface area contributed by atoms with E-state index in [0.29, 0.717) is 22.5 Å². The van der Waals surface area contributed by atoms with Gasteiger partial charge >= 0.3 is 6.09 Å². The predicted octanol–water partition coefficient (Wildman–Crippen LogP) is 2.90. The molecule has 2 fully saturated rings. The molecule has 2 aliphatic rings. The summed E-state index contributed by atoms with van der Waals surface area (Å²) in [6.07, 6.45) is 1.69. The second-order valence-electron chi connectivity index (χ2n) is 7.02. The van der Waals surface area contributed by atoms with E-state index in [9.17, 15) is 14.0 Å². The van der Waals surface area contributed by atoms with E-state index in [-0.39, 0.29) is 35.8 Å². The molecule has 8 heteroatoms. The van der Waals surface area contributed by atoms with Crippen molar-refractivity contribution in [3.63, 3.8) is 0 Å². The van der Waals surface area contributed by atoms with Crippen LogP contribution >= 0.6 is 0 Å². The van der Waals surface area contributed by atoms with Crippen LogP contribution in [-0.2, 0) is 9.53 Å². The molecule has 0 spiro atoms. The minimum atomic E-state index is -0.686. The zero-order chi connectivity index (χ0) is 18.6. The molecule has 1 aromatic heterocycles. The zero-order valence-corrected chi connectivity index (χ0v) is 14.5. The minimum absolute atomic E-state index is 0.0153. The molecule has 26 heavy (non-hydrogen) atoms. The Balaban J connectivity index is 1.73. The molecule has 1 saturated heterocycles. The molecule has 1 aromatic carbocycles. The number of carbonyl (C=O) groups is 2. The Morgan fingerprint density at radius 3 is 2.77 bits per heavy atom. The highest BCUT2D eigenvalue weighted by atomic mass is 19.1. The van der Waals surface area contributed by atoms with Crippen LogP contribution < -0.4 is 16.0 Å². The fourth-order valence-electron chi connectivity index (χ4n) is 3.28. The molecule has 0 unspecified atom stereocenters. The van der Waals surface area contributed by atoms with Crippen molar-refractivity contribution in [2.45, 2.75) is 26.3 Å². The van der Waals surface area contributed by atoms with Crippen LogP contribution in [-0.4, -0.2) is 29.6 Å². The number of ether oxygens (including phenoxy) is 1. The standard InChI is InChI=1S/C18H19FN4O3/c1-8-3-11(8)17(24)22-14-5-10-4-13(23-9(2)7-26-18(23)25)15(19)16(20)12(10)6-21-14/h4-6,8-9,11H,3,7,20H2,1-2H3,(H,21,22,24)/t8-,9+,11-/m0/s1. The number of carbonyl (C=O) groups excluding carboxylic acids is 2. The van der Waals surface area contributed by atoms with Gasteiger partial charge in [-0.3, -0.25) is 9.69 Å². The van der Waals surface area contributed by atoms with Gasteiger partial charge in [0.15, 0.2) is 5.82 Å². The number of halogens is 1. The molecule has 1 saturated carbocycles. The first kappa shape index (κ1) is 16.6. The highest BCUT2D eigenvalue weighted by Crippen LogP contribution is 2.39. The average molecular weight is 358 g/mol. The summed E-state index contributed by atoms with van der Waals surface area (Å²) >= 11 is 0. The molecule has 0 bridgehead atoms. The van der Waals surface area contributed by atoms with E-state index < -0.39 is 11.9 Å². The van der Waals surface area contributed by atoms with Gasteiger partial charge in [0.05, 0.1) is 17.4 Å². The minimum Gasteiger partial charge on any atom is -0.447 e. The van der Waals surface area contributed by atoms with Gasteiger partial charge in [0.25, 0.3) is 0 Å². The molecule has 2 amide bonds. The number of benzene rings is 1. The summed E-state index contributed by atoms with van der Waals surface area (Å²) in [7, 11) is 0. The van der Waals surface area contributed by atoms with Crippen molar-refractivity contribution in [3.8, 4) is 0 Å². The SMILES string of the molecule is C[C@@H]1COC(=O)N1c1cc2cc(NC(=O)[C@H]3C[C@@H]3C)ncc2c(N)c1F. The molecule has 3 N–H and O–H groups in total. The summed E-state index contributed by atoms with van der Waals surface area (Å²) in [5.41, 5.74) is 5.89. The lowest BCUT2D eigenvalue weighted by atomic mass is 10.1.